The molecule has 1 aromatic rings. The zero-order chi connectivity index (χ0) is 7.02. The first-order valence-corrected chi connectivity index (χ1v) is 4.09. The minimum Gasteiger partial charge on any atom is -1.00 e. The molecule has 0 aliphatic heterocycles. The van der Waals surface area contributed by atoms with E-state index in [1.807, 2.05) is 0 Å². The molecular weight excluding hydrogens is 172 g/mol. The molecule has 0 aliphatic carbocycles. The van der Waals surface area contributed by atoms with Gasteiger partial charge >= 0.3 is 0 Å². The molecule has 2 heteroatoms. The molecule has 0 fully saturated rings. The summed E-state index contributed by atoms with van der Waals surface area (Å²) in [6.45, 7) is 8.82. The average Bonchev–Trinajstić information content (AvgIpc) is 1.98. The summed E-state index contributed by atoms with van der Waals surface area (Å²) < 4.78 is 0. The third kappa shape index (κ3) is 1.83. The summed E-state index contributed by atoms with van der Waals surface area (Å²) >= 11 is 0. The SMILES string of the molecule is Cc1p[c-](C)c(C)c1C.[H-].[Sc]. The second kappa shape index (κ2) is 3.88. The molecule has 1 rings (SSSR count). The second-order valence-corrected chi connectivity index (χ2v) is 4.10. The Morgan fingerprint density at radius 1 is 1.30 bits per heavy atom. The van der Waals surface area contributed by atoms with Gasteiger partial charge < -0.3 is 1.43 Å². The van der Waals surface area contributed by atoms with Crippen LogP contribution in [0.4, 0.5) is 0 Å². The Morgan fingerprint density at radius 3 is 1.90 bits per heavy atom. The topological polar surface area (TPSA) is 0 Å². The van der Waals surface area contributed by atoms with Gasteiger partial charge in [0.05, 0.1) is 0 Å². The Kier molecular flexibility index (Phi) is 4.13. The predicted octanol–water partition coefficient (Wildman–Crippen LogP) is 3.33. The monoisotopic (exact) mass is 185 g/mol. The van der Waals surface area contributed by atoms with E-state index in [9.17, 15) is 0 Å². The van der Waals surface area contributed by atoms with Gasteiger partial charge in [0.2, 0.25) is 0 Å². The van der Waals surface area contributed by atoms with Gasteiger partial charge in [0.1, 0.15) is 0 Å². The number of rotatable bonds is 0. The van der Waals surface area contributed by atoms with Crippen molar-refractivity contribution in [1.82, 2.24) is 0 Å². The maximum atomic E-state index is 2.21. The van der Waals surface area contributed by atoms with Crippen LogP contribution < -0.4 is 0 Å². The molecule has 0 N–H and O–H groups in total. The van der Waals surface area contributed by atoms with Gasteiger partial charge in [-0.25, -0.2) is 8.19 Å². The van der Waals surface area contributed by atoms with Crippen molar-refractivity contribution < 1.29 is 27.3 Å². The molecule has 0 saturated carbocycles. The summed E-state index contributed by atoms with van der Waals surface area (Å²) in [5, 5.41) is 3.04. The van der Waals surface area contributed by atoms with Crippen LogP contribution >= 0.6 is 8.19 Å². The van der Waals surface area contributed by atoms with Gasteiger partial charge in [0.25, 0.3) is 0 Å². The van der Waals surface area contributed by atoms with Crippen LogP contribution in [0.3, 0.4) is 0 Å². The first kappa shape index (κ1) is 10.7. The third-order valence-corrected chi connectivity index (χ3v) is 3.32. The molecule has 1 radical (unpaired) electrons. The Morgan fingerprint density at radius 2 is 1.80 bits per heavy atom. The normalized spacial score (nSPS) is 10.0. The van der Waals surface area contributed by atoms with E-state index < -0.39 is 0 Å². The van der Waals surface area contributed by atoms with E-state index >= 15 is 0 Å². The van der Waals surface area contributed by atoms with Crippen molar-refractivity contribution in [3.05, 3.63) is 21.7 Å². The van der Waals surface area contributed by atoms with Crippen LogP contribution in [-0.4, -0.2) is 0 Å². The fourth-order valence-corrected chi connectivity index (χ4v) is 2.14. The Bertz CT molecular complexity index is 208. The summed E-state index contributed by atoms with van der Waals surface area (Å²) in [5.41, 5.74) is 2.99. The molecule has 0 unspecified atom stereocenters. The molecule has 55 valence electrons. The van der Waals surface area contributed by atoms with Gasteiger partial charge in [-0.2, -0.15) is 16.4 Å². The van der Waals surface area contributed by atoms with Crippen molar-refractivity contribution in [3.63, 3.8) is 0 Å². The van der Waals surface area contributed by atoms with E-state index in [0.29, 0.717) is 0 Å². The van der Waals surface area contributed by atoms with Crippen molar-refractivity contribution in [1.29, 1.82) is 0 Å². The van der Waals surface area contributed by atoms with Crippen molar-refractivity contribution >= 4 is 8.19 Å². The maximum absolute atomic E-state index is 2.21. The third-order valence-electron chi connectivity index (χ3n) is 1.98. The van der Waals surface area contributed by atoms with E-state index in [-0.39, 0.29) is 27.3 Å². The van der Waals surface area contributed by atoms with Crippen molar-refractivity contribution in [3.8, 4) is 0 Å². The smallest absolute Gasteiger partial charge is 0 e. The molecule has 0 nitrogen and oxygen atoms in total. The molecule has 0 spiro atoms. The van der Waals surface area contributed by atoms with Crippen LogP contribution in [0.5, 0.6) is 0 Å². The van der Waals surface area contributed by atoms with Crippen LogP contribution in [-0.2, 0) is 25.8 Å². The maximum Gasteiger partial charge on any atom is 0 e. The zero-order valence-corrected chi connectivity index (χ0v) is 9.72. The Balaban J connectivity index is 0. The average molecular weight is 185 g/mol. The molecule has 1 aromatic heterocycles. The first-order valence-electron chi connectivity index (χ1n) is 3.20. The van der Waals surface area contributed by atoms with Crippen LogP contribution in [0.2, 0.25) is 0 Å². The van der Waals surface area contributed by atoms with E-state index in [4.69, 9.17) is 0 Å². The summed E-state index contributed by atoms with van der Waals surface area (Å²) in [4.78, 5) is 0. The summed E-state index contributed by atoms with van der Waals surface area (Å²) in [6, 6.07) is 0. The summed E-state index contributed by atoms with van der Waals surface area (Å²) in [7, 11) is 1.44. The fraction of sp³-hybridized carbons (Fsp3) is 0.500. The minimum atomic E-state index is 0. The van der Waals surface area contributed by atoms with Crippen LogP contribution in [0, 0.1) is 27.7 Å². The molecule has 0 amide bonds. The van der Waals surface area contributed by atoms with Crippen LogP contribution in [0.15, 0.2) is 0 Å². The summed E-state index contributed by atoms with van der Waals surface area (Å²) in [6.07, 6.45) is 0. The van der Waals surface area contributed by atoms with E-state index in [2.05, 4.69) is 27.7 Å². The van der Waals surface area contributed by atoms with Gasteiger partial charge in [-0.05, 0) is 0 Å². The number of aryl methyl sites for hydroxylation is 2. The van der Waals surface area contributed by atoms with Gasteiger partial charge in [-0.3, -0.25) is 0 Å². The molecule has 10 heavy (non-hydrogen) atoms. The van der Waals surface area contributed by atoms with Gasteiger partial charge in [0, 0.05) is 25.8 Å². The molecule has 0 saturated heterocycles. The van der Waals surface area contributed by atoms with Crippen molar-refractivity contribution in [2.45, 2.75) is 27.7 Å². The minimum absolute atomic E-state index is 0. The predicted molar refractivity (Wildman–Crippen MR) is 44.6 cm³/mol. The first-order chi connectivity index (χ1) is 4.13. The van der Waals surface area contributed by atoms with Gasteiger partial charge in [0.15, 0.2) is 0 Å². The van der Waals surface area contributed by atoms with Crippen LogP contribution in [0.25, 0.3) is 0 Å². The number of hydrogen-bond donors (Lipinski definition) is 0. The Hall–Kier alpha value is 0.650. The van der Waals surface area contributed by atoms with E-state index in [0.717, 1.165) is 0 Å². The molecule has 1 heterocycles. The van der Waals surface area contributed by atoms with E-state index in [1.54, 1.807) is 0 Å². The second-order valence-electron chi connectivity index (χ2n) is 2.53. The standard InChI is InChI=1S/C8H12P.Sc.H/c1-5-6(2)8(4)9-7(5)3;;/h1-4H3;;/q-1;;-1. The quantitative estimate of drug-likeness (QED) is 0.544. The summed E-state index contributed by atoms with van der Waals surface area (Å²) in [5.74, 6) is 0. The fourth-order valence-electron chi connectivity index (χ4n) is 0.962. The van der Waals surface area contributed by atoms with Crippen LogP contribution in [0.1, 0.15) is 23.1 Å². The van der Waals surface area contributed by atoms with E-state index in [1.165, 1.54) is 29.9 Å². The molecule has 0 atom stereocenters. The Labute approximate surface area is 84.8 Å². The molecular formula is C8H13PSc-2. The molecule has 0 bridgehead atoms. The molecule has 0 aromatic carbocycles. The largest absolute Gasteiger partial charge is 1.00 e. The molecule has 0 aliphatic rings. The van der Waals surface area contributed by atoms with Gasteiger partial charge in [-0.1, -0.05) is 27.7 Å². The van der Waals surface area contributed by atoms with Crippen molar-refractivity contribution in [2.75, 3.05) is 0 Å². The van der Waals surface area contributed by atoms with Gasteiger partial charge in [-0.15, -0.1) is 5.30 Å². The number of hydrogen-bond acceptors (Lipinski definition) is 0. The van der Waals surface area contributed by atoms with Crippen molar-refractivity contribution in [2.24, 2.45) is 0 Å². The zero-order valence-electron chi connectivity index (χ0n) is 8.02.